The molecule has 1 fully saturated rings. The maximum absolute atomic E-state index is 12.4. The summed E-state index contributed by atoms with van der Waals surface area (Å²) in [7, 11) is 0. The smallest absolute Gasteiger partial charge is 0.408 e. The van der Waals surface area contributed by atoms with Gasteiger partial charge in [-0.2, -0.15) is 0 Å². The summed E-state index contributed by atoms with van der Waals surface area (Å²) < 4.78 is 6.78. The molecule has 3 heterocycles. The molecule has 0 spiro atoms. The normalized spacial score (nSPS) is 16.9. The van der Waals surface area contributed by atoms with Gasteiger partial charge in [0.1, 0.15) is 0 Å². The Balaban J connectivity index is 1.40. The van der Waals surface area contributed by atoms with Crippen molar-refractivity contribution in [2.24, 2.45) is 0 Å². The van der Waals surface area contributed by atoms with Gasteiger partial charge in [-0.25, -0.2) is 19.6 Å². The molecule has 1 aromatic carbocycles. The van der Waals surface area contributed by atoms with E-state index in [-0.39, 0.29) is 12.1 Å². The van der Waals surface area contributed by atoms with Gasteiger partial charge in [0, 0.05) is 49.8 Å². The maximum Gasteiger partial charge on any atom is 0.419 e. The number of nitrogens with zero attached hydrogens (tertiary/aromatic N) is 4. The van der Waals surface area contributed by atoms with Crippen LogP contribution in [0.5, 0.6) is 0 Å². The number of anilines is 2. The number of oxazole rings is 1. The summed E-state index contributed by atoms with van der Waals surface area (Å²) in [6.45, 7) is 3.94. The van der Waals surface area contributed by atoms with E-state index in [1.54, 1.807) is 41.2 Å². The van der Waals surface area contributed by atoms with Crippen LogP contribution in [0.2, 0.25) is 0 Å². The van der Waals surface area contributed by atoms with Gasteiger partial charge in [0.25, 0.3) is 0 Å². The summed E-state index contributed by atoms with van der Waals surface area (Å²) in [5.74, 6) is 0.278. The SMILES string of the molecule is CCn1c(=O)oc2cc(NC(=O)NC3CCCN(c4ncccn4)C3)ccc21. The van der Waals surface area contributed by atoms with E-state index in [0.29, 0.717) is 35.8 Å². The molecule has 0 saturated carbocycles. The Morgan fingerprint density at radius 1 is 1.32 bits per heavy atom. The standard InChI is InChI=1S/C19H22N6O3/c1-2-25-15-7-6-13(11-16(15)28-19(25)27)22-18(26)23-14-5-3-10-24(12-14)17-20-8-4-9-21-17/h4,6-9,11,14H,2-3,5,10,12H2,1H3,(H2,22,23,26). The van der Waals surface area contributed by atoms with E-state index < -0.39 is 5.76 Å². The van der Waals surface area contributed by atoms with Gasteiger partial charge >= 0.3 is 11.8 Å². The zero-order valence-electron chi connectivity index (χ0n) is 15.6. The fourth-order valence-electron chi connectivity index (χ4n) is 3.53. The van der Waals surface area contributed by atoms with Crippen molar-refractivity contribution >= 4 is 28.8 Å². The highest BCUT2D eigenvalue weighted by Crippen LogP contribution is 2.19. The summed E-state index contributed by atoms with van der Waals surface area (Å²) in [5.41, 5.74) is 1.74. The molecule has 1 unspecified atom stereocenters. The Labute approximate surface area is 161 Å². The molecule has 4 rings (SSSR count). The molecule has 2 N–H and O–H groups in total. The Hall–Kier alpha value is -3.36. The molecule has 1 aliphatic rings. The van der Waals surface area contributed by atoms with Gasteiger partial charge in [-0.05, 0) is 38.0 Å². The first-order valence-corrected chi connectivity index (χ1v) is 9.37. The number of rotatable bonds is 4. The molecule has 1 aliphatic heterocycles. The maximum atomic E-state index is 12.4. The fourth-order valence-corrected chi connectivity index (χ4v) is 3.53. The molecule has 146 valence electrons. The number of nitrogens with one attached hydrogen (secondary N) is 2. The molecular formula is C19H22N6O3. The van der Waals surface area contributed by atoms with Crippen LogP contribution in [-0.4, -0.2) is 39.7 Å². The zero-order valence-corrected chi connectivity index (χ0v) is 15.6. The Kier molecular flexibility index (Phi) is 4.96. The van der Waals surface area contributed by atoms with Crippen LogP contribution in [0.15, 0.2) is 45.9 Å². The van der Waals surface area contributed by atoms with Crippen LogP contribution >= 0.6 is 0 Å². The first kappa shape index (κ1) is 18.0. The molecule has 2 amide bonds. The van der Waals surface area contributed by atoms with E-state index in [1.165, 1.54) is 0 Å². The van der Waals surface area contributed by atoms with Gasteiger partial charge in [-0.1, -0.05) is 0 Å². The third kappa shape index (κ3) is 3.68. The summed E-state index contributed by atoms with van der Waals surface area (Å²) >= 11 is 0. The molecule has 1 saturated heterocycles. The van der Waals surface area contributed by atoms with Gasteiger partial charge in [-0.3, -0.25) is 4.57 Å². The summed E-state index contributed by atoms with van der Waals surface area (Å²) in [4.78, 5) is 34.8. The van der Waals surface area contributed by atoms with Gasteiger partial charge < -0.3 is 20.0 Å². The lowest BCUT2D eigenvalue weighted by Crippen LogP contribution is -2.49. The number of hydrogen-bond acceptors (Lipinski definition) is 6. The molecule has 0 aliphatic carbocycles. The molecule has 9 nitrogen and oxygen atoms in total. The molecular weight excluding hydrogens is 360 g/mol. The van der Waals surface area contributed by atoms with Gasteiger partial charge in [0.05, 0.1) is 5.52 Å². The van der Waals surface area contributed by atoms with Crippen LogP contribution in [-0.2, 0) is 6.54 Å². The Morgan fingerprint density at radius 3 is 2.93 bits per heavy atom. The van der Waals surface area contributed by atoms with Crippen molar-refractivity contribution in [3.8, 4) is 0 Å². The predicted molar refractivity (Wildman–Crippen MR) is 106 cm³/mol. The number of benzene rings is 1. The lowest BCUT2D eigenvalue weighted by atomic mass is 10.1. The second kappa shape index (κ2) is 7.71. The molecule has 2 aromatic heterocycles. The fraction of sp³-hybridized carbons (Fsp3) is 0.368. The van der Waals surface area contributed by atoms with Crippen LogP contribution in [0.3, 0.4) is 0 Å². The van der Waals surface area contributed by atoms with E-state index in [1.807, 2.05) is 6.92 Å². The molecule has 28 heavy (non-hydrogen) atoms. The molecule has 3 aromatic rings. The number of aromatic nitrogens is 3. The van der Waals surface area contributed by atoms with Crippen LogP contribution < -0.4 is 21.3 Å². The van der Waals surface area contributed by atoms with Crippen molar-refractivity contribution < 1.29 is 9.21 Å². The van der Waals surface area contributed by atoms with Crippen LogP contribution in [0.1, 0.15) is 19.8 Å². The number of carbonyl (C=O) groups excluding carboxylic acids is 1. The highest BCUT2D eigenvalue weighted by molar-refractivity contribution is 5.91. The average Bonchev–Trinajstić information content (AvgIpc) is 3.03. The number of aryl methyl sites for hydroxylation is 1. The topological polar surface area (TPSA) is 105 Å². The van der Waals surface area contributed by atoms with Gasteiger partial charge in [0.2, 0.25) is 5.95 Å². The first-order valence-electron chi connectivity index (χ1n) is 9.37. The number of carbonyl (C=O) groups is 1. The summed E-state index contributed by atoms with van der Waals surface area (Å²) in [6, 6.07) is 6.68. The third-order valence-corrected chi connectivity index (χ3v) is 4.83. The van der Waals surface area contributed by atoms with Crippen LogP contribution in [0.4, 0.5) is 16.4 Å². The van der Waals surface area contributed by atoms with Crippen molar-refractivity contribution in [3.63, 3.8) is 0 Å². The van der Waals surface area contributed by atoms with E-state index >= 15 is 0 Å². The predicted octanol–water partition coefficient (Wildman–Crippen LogP) is 2.19. The Bertz CT molecular complexity index is 1030. The second-order valence-electron chi connectivity index (χ2n) is 6.73. The molecule has 0 radical (unpaired) electrons. The highest BCUT2D eigenvalue weighted by atomic mass is 16.4. The van der Waals surface area contributed by atoms with E-state index in [4.69, 9.17) is 4.42 Å². The van der Waals surface area contributed by atoms with Crippen molar-refractivity contribution in [2.75, 3.05) is 23.3 Å². The molecule has 9 heteroatoms. The quantitative estimate of drug-likeness (QED) is 0.717. The van der Waals surface area contributed by atoms with E-state index in [9.17, 15) is 9.59 Å². The minimum Gasteiger partial charge on any atom is -0.408 e. The number of fused-ring (bicyclic) bond motifs is 1. The number of piperidine rings is 1. The van der Waals surface area contributed by atoms with Gasteiger partial charge in [0.15, 0.2) is 5.58 Å². The van der Waals surface area contributed by atoms with Gasteiger partial charge in [-0.15, -0.1) is 0 Å². The first-order chi connectivity index (χ1) is 13.6. The number of hydrogen-bond donors (Lipinski definition) is 2. The Morgan fingerprint density at radius 2 is 2.14 bits per heavy atom. The summed E-state index contributed by atoms with van der Waals surface area (Å²) in [6.07, 6.45) is 5.27. The van der Waals surface area contributed by atoms with Crippen LogP contribution in [0, 0.1) is 0 Å². The molecule has 0 bridgehead atoms. The van der Waals surface area contributed by atoms with Crippen molar-refractivity contribution in [2.45, 2.75) is 32.4 Å². The number of urea groups is 1. The third-order valence-electron chi connectivity index (χ3n) is 4.83. The highest BCUT2D eigenvalue weighted by Gasteiger charge is 2.23. The lowest BCUT2D eigenvalue weighted by molar-refractivity contribution is 0.246. The van der Waals surface area contributed by atoms with E-state index in [0.717, 1.165) is 19.4 Å². The lowest BCUT2D eigenvalue weighted by Gasteiger charge is -2.33. The minimum atomic E-state index is -0.399. The van der Waals surface area contributed by atoms with Crippen LogP contribution in [0.25, 0.3) is 11.1 Å². The summed E-state index contributed by atoms with van der Waals surface area (Å²) in [5, 5.41) is 5.81. The monoisotopic (exact) mass is 382 g/mol. The largest absolute Gasteiger partial charge is 0.419 e. The zero-order chi connectivity index (χ0) is 19.5. The molecule has 1 atom stereocenters. The number of amides is 2. The van der Waals surface area contributed by atoms with Crippen molar-refractivity contribution in [1.82, 2.24) is 19.9 Å². The van der Waals surface area contributed by atoms with Crippen molar-refractivity contribution in [3.05, 3.63) is 47.2 Å². The average molecular weight is 382 g/mol. The minimum absolute atomic E-state index is 0.000365. The van der Waals surface area contributed by atoms with Crippen molar-refractivity contribution in [1.29, 1.82) is 0 Å². The second-order valence-corrected chi connectivity index (χ2v) is 6.73. The van der Waals surface area contributed by atoms with E-state index in [2.05, 4.69) is 25.5 Å².